The molecule has 0 unspecified atom stereocenters. The fraction of sp³-hybridized carbons (Fsp3) is 0.857. The summed E-state index contributed by atoms with van der Waals surface area (Å²) in [5.41, 5.74) is 0. The van der Waals surface area contributed by atoms with E-state index in [1.165, 1.54) is 44.9 Å². The monoisotopic (exact) mass is 240 g/mol. The van der Waals surface area contributed by atoms with Crippen molar-refractivity contribution in [2.45, 2.75) is 71.1 Å². The van der Waals surface area contributed by atoms with E-state index in [1.807, 2.05) is 0 Å². The first-order chi connectivity index (χ1) is 8.25. The van der Waals surface area contributed by atoms with Crippen LogP contribution in [-0.4, -0.2) is 11.9 Å². The number of hydrogen-bond acceptors (Lipinski definition) is 3. The molecule has 0 spiro atoms. The van der Waals surface area contributed by atoms with Crippen LogP contribution in [0.3, 0.4) is 0 Å². The van der Waals surface area contributed by atoms with Gasteiger partial charge in [-0.05, 0) is 6.42 Å². The first-order valence-corrected chi connectivity index (χ1v) is 7.01. The topological polar surface area (TPSA) is 43.4 Å². The van der Waals surface area contributed by atoms with Gasteiger partial charge in [0.25, 0.3) is 0 Å². The molecule has 0 saturated carbocycles. The van der Waals surface area contributed by atoms with E-state index in [1.54, 1.807) is 0 Å². The van der Waals surface area contributed by atoms with Crippen LogP contribution in [0.2, 0.25) is 0 Å². The smallest absolute Gasteiger partial charge is 0.328 e. The molecule has 17 heavy (non-hydrogen) atoms. The standard InChI is InChI=1S/C14H24O3/c1-2-3-4-5-6-7-8-9-10-11-12-13(15)17-14(12)16/h12H,2-11H2,1H3. The zero-order valence-corrected chi connectivity index (χ0v) is 10.9. The number of cyclic esters (lactones) is 2. The van der Waals surface area contributed by atoms with Gasteiger partial charge in [-0.1, -0.05) is 64.7 Å². The summed E-state index contributed by atoms with van der Waals surface area (Å²) in [6, 6.07) is 0. The van der Waals surface area contributed by atoms with Crippen LogP contribution in [0, 0.1) is 5.92 Å². The Hall–Kier alpha value is -0.860. The number of unbranched alkanes of at least 4 members (excludes halogenated alkanes) is 8. The van der Waals surface area contributed by atoms with Crippen LogP contribution in [-0.2, 0) is 14.3 Å². The lowest BCUT2D eigenvalue weighted by molar-refractivity contribution is -0.184. The van der Waals surface area contributed by atoms with E-state index in [0.717, 1.165) is 12.8 Å². The Bertz CT molecular complexity index is 234. The van der Waals surface area contributed by atoms with Gasteiger partial charge in [0.15, 0.2) is 5.92 Å². The van der Waals surface area contributed by atoms with Crippen LogP contribution in [0.1, 0.15) is 71.1 Å². The van der Waals surface area contributed by atoms with Crippen molar-refractivity contribution in [2.24, 2.45) is 5.92 Å². The predicted molar refractivity (Wildman–Crippen MR) is 66.4 cm³/mol. The van der Waals surface area contributed by atoms with Crippen LogP contribution < -0.4 is 0 Å². The Morgan fingerprint density at radius 2 is 1.29 bits per heavy atom. The average Bonchev–Trinajstić information content (AvgIpc) is 2.31. The molecule has 0 aromatic carbocycles. The molecule has 0 aromatic heterocycles. The summed E-state index contributed by atoms with van der Waals surface area (Å²) in [6.45, 7) is 2.23. The molecule has 1 saturated heterocycles. The average molecular weight is 240 g/mol. The van der Waals surface area contributed by atoms with Gasteiger partial charge in [-0.25, -0.2) is 0 Å². The van der Waals surface area contributed by atoms with Crippen LogP contribution in [0.4, 0.5) is 0 Å². The van der Waals surface area contributed by atoms with Crippen molar-refractivity contribution in [3.05, 3.63) is 0 Å². The van der Waals surface area contributed by atoms with Crippen molar-refractivity contribution in [3.8, 4) is 0 Å². The van der Waals surface area contributed by atoms with Gasteiger partial charge in [-0.3, -0.25) is 9.59 Å². The molecule has 0 radical (unpaired) electrons. The molecule has 1 fully saturated rings. The maximum absolute atomic E-state index is 10.9. The van der Waals surface area contributed by atoms with Gasteiger partial charge in [-0.15, -0.1) is 0 Å². The lowest BCUT2D eigenvalue weighted by atomic mass is 9.97. The van der Waals surface area contributed by atoms with Gasteiger partial charge < -0.3 is 4.74 Å². The summed E-state index contributed by atoms with van der Waals surface area (Å²) < 4.78 is 4.31. The first-order valence-electron chi connectivity index (χ1n) is 7.01. The highest BCUT2D eigenvalue weighted by molar-refractivity contribution is 6.09. The van der Waals surface area contributed by atoms with Crippen molar-refractivity contribution in [3.63, 3.8) is 0 Å². The van der Waals surface area contributed by atoms with Crippen LogP contribution in [0.15, 0.2) is 0 Å². The number of carbonyl (C=O) groups is 2. The van der Waals surface area contributed by atoms with Crippen molar-refractivity contribution in [2.75, 3.05) is 0 Å². The zero-order valence-electron chi connectivity index (χ0n) is 10.9. The molecule has 3 nitrogen and oxygen atoms in total. The normalized spacial score (nSPS) is 15.8. The van der Waals surface area contributed by atoms with Crippen molar-refractivity contribution in [1.29, 1.82) is 0 Å². The minimum atomic E-state index is -0.431. The maximum Gasteiger partial charge on any atom is 0.328 e. The zero-order chi connectivity index (χ0) is 12.5. The van der Waals surface area contributed by atoms with E-state index in [9.17, 15) is 9.59 Å². The summed E-state index contributed by atoms with van der Waals surface area (Å²) in [7, 11) is 0. The van der Waals surface area contributed by atoms with Crippen molar-refractivity contribution >= 4 is 11.9 Å². The Labute approximate surface area is 104 Å². The van der Waals surface area contributed by atoms with Gasteiger partial charge in [0.05, 0.1) is 0 Å². The number of carbonyl (C=O) groups excluding carboxylic acids is 2. The molecule has 0 amide bonds. The second kappa shape index (κ2) is 8.26. The molecule has 1 aliphatic rings. The summed E-state index contributed by atoms with van der Waals surface area (Å²) in [6.07, 6.45) is 12.0. The second-order valence-corrected chi connectivity index (χ2v) is 4.91. The molecule has 98 valence electrons. The Kier molecular flexibility index (Phi) is 6.90. The Morgan fingerprint density at radius 1 is 0.824 bits per heavy atom. The minimum absolute atomic E-state index is 0.324. The largest absolute Gasteiger partial charge is 0.392 e. The lowest BCUT2D eigenvalue weighted by Gasteiger charge is -2.21. The quantitative estimate of drug-likeness (QED) is 0.333. The van der Waals surface area contributed by atoms with E-state index in [4.69, 9.17) is 0 Å². The summed E-state index contributed by atoms with van der Waals surface area (Å²) in [4.78, 5) is 21.7. The summed E-state index contributed by atoms with van der Waals surface area (Å²) >= 11 is 0. The predicted octanol–water partition coefficient (Wildman–Crippen LogP) is 3.61. The minimum Gasteiger partial charge on any atom is -0.392 e. The highest BCUT2D eigenvalue weighted by atomic mass is 16.6. The van der Waals surface area contributed by atoms with Crippen molar-refractivity contribution < 1.29 is 14.3 Å². The molecule has 1 aliphatic heterocycles. The van der Waals surface area contributed by atoms with E-state index >= 15 is 0 Å². The van der Waals surface area contributed by atoms with Gasteiger partial charge in [0.2, 0.25) is 0 Å². The van der Waals surface area contributed by atoms with Gasteiger partial charge in [0, 0.05) is 0 Å². The third-order valence-electron chi connectivity index (χ3n) is 3.37. The van der Waals surface area contributed by atoms with Crippen molar-refractivity contribution in [1.82, 2.24) is 0 Å². The maximum atomic E-state index is 10.9. The van der Waals surface area contributed by atoms with Crippen LogP contribution in [0.25, 0.3) is 0 Å². The van der Waals surface area contributed by atoms with Crippen LogP contribution >= 0.6 is 0 Å². The molecular weight excluding hydrogens is 216 g/mol. The van der Waals surface area contributed by atoms with Gasteiger partial charge >= 0.3 is 11.9 Å². The fourth-order valence-corrected chi connectivity index (χ4v) is 2.17. The SMILES string of the molecule is CCCCCCCCCCCC1C(=O)OC1=O. The number of hydrogen-bond donors (Lipinski definition) is 0. The highest BCUT2D eigenvalue weighted by Crippen LogP contribution is 2.22. The molecule has 0 N–H and O–H groups in total. The van der Waals surface area contributed by atoms with E-state index in [0.29, 0.717) is 6.42 Å². The fourth-order valence-electron chi connectivity index (χ4n) is 2.17. The third-order valence-corrected chi connectivity index (χ3v) is 3.37. The highest BCUT2D eigenvalue weighted by Gasteiger charge is 2.40. The lowest BCUT2D eigenvalue weighted by Crippen LogP contribution is -2.40. The van der Waals surface area contributed by atoms with Gasteiger partial charge in [0.1, 0.15) is 0 Å². The molecule has 0 atom stereocenters. The van der Waals surface area contributed by atoms with Crippen LogP contribution in [0.5, 0.6) is 0 Å². The van der Waals surface area contributed by atoms with E-state index in [-0.39, 0.29) is 11.9 Å². The molecule has 1 rings (SSSR count). The van der Waals surface area contributed by atoms with Gasteiger partial charge in [-0.2, -0.15) is 0 Å². The van der Waals surface area contributed by atoms with E-state index < -0.39 is 5.92 Å². The van der Waals surface area contributed by atoms with E-state index in [2.05, 4.69) is 11.7 Å². The molecule has 0 bridgehead atoms. The number of rotatable bonds is 10. The Balaban J connectivity index is 1.81. The number of esters is 2. The Morgan fingerprint density at radius 3 is 1.76 bits per heavy atom. The molecular formula is C14H24O3. The second-order valence-electron chi connectivity index (χ2n) is 4.91. The third kappa shape index (κ3) is 5.33. The molecule has 0 aliphatic carbocycles. The molecule has 0 aromatic rings. The summed E-state index contributed by atoms with van der Waals surface area (Å²) in [5.74, 6) is -1.08. The summed E-state index contributed by atoms with van der Waals surface area (Å²) in [5, 5.41) is 0. The first kappa shape index (κ1) is 14.2. The molecule has 3 heteroatoms. The number of ether oxygens (including phenoxy) is 1. The molecule has 1 heterocycles.